The molecule has 184 valence electrons. The van der Waals surface area contributed by atoms with Gasteiger partial charge in [-0.2, -0.15) is 15.3 Å². The minimum Gasteiger partial charge on any atom is -0.455 e. The van der Waals surface area contributed by atoms with Crippen LogP contribution in [0.15, 0.2) is 98.7 Å². The van der Waals surface area contributed by atoms with Crippen molar-refractivity contribution in [3.8, 4) is 0 Å². The average Bonchev–Trinajstić information content (AvgIpc) is 3.29. The number of amides is 2. The van der Waals surface area contributed by atoms with Crippen LogP contribution in [0, 0.1) is 6.92 Å². The van der Waals surface area contributed by atoms with Crippen LogP contribution in [0.25, 0.3) is 0 Å². The number of azo groups is 1. The normalized spacial score (nSPS) is 13.9. The molecule has 2 amide bonds. The van der Waals surface area contributed by atoms with Crippen molar-refractivity contribution in [2.75, 3.05) is 5.32 Å². The number of carbonyl (C=O) groups excluding carboxylic acids is 2. The van der Waals surface area contributed by atoms with Crippen molar-refractivity contribution in [2.24, 2.45) is 15.3 Å². The second-order valence-corrected chi connectivity index (χ2v) is 8.46. The van der Waals surface area contributed by atoms with Crippen LogP contribution >= 0.6 is 0 Å². The molecular formula is C28H24N6O3. The van der Waals surface area contributed by atoms with E-state index in [0.29, 0.717) is 41.3 Å². The molecule has 0 aliphatic heterocycles. The summed E-state index contributed by atoms with van der Waals surface area (Å²) in [6.45, 7) is 1.83. The van der Waals surface area contributed by atoms with Gasteiger partial charge in [-0.15, -0.1) is 0 Å². The zero-order valence-corrected chi connectivity index (χ0v) is 20.1. The zero-order chi connectivity index (χ0) is 25.6. The van der Waals surface area contributed by atoms with Gasteiger partial charge in [-0.25, -0.2) is 5.43 Å². The summed E-state index contributed by atoms with van der Waals surface area (Å²) >= 11 is 0. The number of hydrogen-bond acceptors (Lipinski definition) is 7. The van der Waals surface area contributed by atoms with Gasteiger partial charge in [0.05, 0.1) is 17.1 Å². The van der Waals surface area contributed by atoms with E-state index in [1.807, 2.05) is 37.3 Å². The van der Waals surface area contributed by atoms with E-state index < -0.39 is 5.91 Å². The van der Waals surface area contributed by atoms with Crippen LogP contribution in [0.1, 0.15) is 50.8 Å². The molecule has 0 saturated heterocycles. The molecule has 0 unspecified atom stereocenters. The molecule has 37 heavy (non-hydrogen) atoms. The molecule has 9 nitrogen and oxygen atoms in total. The zero-order valence-electron chi connectivity index (χ0n) is 20.1. The third-order valence-electron chi connectivity index (χ3n) is 5.88. The first kappa shape index (κ1) is 23.8. The lowest BCUT2D eigenvalue weighted by Gasteiger charge is -2.13. The Morgan fingerprint density at radius 3 is 2.32 bits per heavy atom. The van der Waals surface area contributed by atoms with Gasteiger partial charge in [0.2, 0.25) is 0 Å². The van der Waals surface area contributed by atoms with Gasteiger partial charge in [-0.05, 0) is 68.3 Å². The standard InChI is InChI=1S/C28H24N6O3/c1-18-25-22(33-34-27(35)23-10-5-6-17-29-23)11-7-12-24(25)37-26(18)28(36)30-19-13-15-21(16-14-19)32-31-20-8-3-2-4-9-20/h2-6,8-10,13-17H,7,11-12H2,1H3,(H,30,36)(H,34,35)/b32-31?,33-22+. The van der Waals surface area contributed by atoms with Gasteiger partial charge in [0, 0.05) is 29.4 Å². The average molecular weight is 493 g/mol. The molecule has 1 aliphatic rings. The maximum atomic E-state index is 13.0. The number of anilines is 1. The summed E-state index contributed by atoms with van der Waals surface area (Å²) in [5, 5.41) is 15.6. The number of hydrazone groups is 1. The van der Waals surface area contributed by atoms with Crippen molar-refractivity contribution < 1.29 is 14.0 Å². The molecule has 0 atom stereocenters. The molecule has 2 heterocycles. The fraction of sp³-hybridized carbons (Fsp3) is 0.143. The highest BCUT2D eigenvalue weighted by Crippen LogP contribution is 2.30. The van der Waals surface area contributed by atoms with E-state index in [9.17, 15) is 9.59 Å². The molecule has 2 aromatic carbocycles. The van der Waals surface area contributed by atoms with Crippen LogP contribution in [0.3, 0.4) is 0 Å². The molecule has 9 heteroatoms. The number of aromatic nitrogens is 1. The van der Waals surface area contributed by atoms with Crippen molar-refractivity contribution in [3.05, 3.63) is 107 Å². The Kier molecular flexibility index (Phi) is 6.93. The van der Waals surface area contributed by atoms with Gasteiger partial charge < -0.3 is 9.73 Å². The summed E-state index contributed by atoms with van der Waals surface area (Å²) in [7, 11) is 0. The number of aryl methyl sites for hydroxylation is 1. The smallest absolute Gasteiger partial charge is 0.291 e. The van der Waals surface area contributed by atoms with Gasteiger partial charge >= 0.3 is 0 Å². The first-order valence-electron chi connectivity index (χ1n) is 11.9. The second-order valence-electron chi connectivity index (χ2n) is 8.46. The Morgan fingerprint density at radius 1 is 0.865 bits per heavy atom. The van der Waals surface area contributed by atoms with Crippen molar-refractivity contribution in [1.29, 1.82) is 0 Å². The third kappa shape index (κ3) is 5.51. The number of nitrogens with zero attached hydrogens (tertiary/aromatic N) is 4. The van der Waals surface area contributed by atoms with Gasteiger partial charge in [-0.1, -0.05) is 24.3 Å². The van der Waals surface area contributed by atoms with Gasteiger partial charge in [0.1, 0.15) is 11.5 Å². The maximum absolute atomic E-state index is 13.0. The minimum atomic E-state index is -0.397. The molecule has 4 aromatic rings. The third-order valence-corrected chi connectivity index (χ3v) is 5.88. The number of carbonyl (C=O) groups is 2. The molecule has 1 aliphatic carbocycles. The van der Waals surface area contributed by atoms with Crippen LogP contribution in [0.4, 0.5) is 17.1 Å². The topological polar surface area (TPSA) is 121 Å². The van der Waals surface area contributed by atoms with Crippen LogP contribution < -0.4 is 10.7 Å². The van der Waals surface area contributed by atoms with E-state index in [1.165, 1.54) is 0 Å². The predicted molar refractivity (Wildman–Crippen MR) is 140 cm³/mol. The highest BCUT2D eigenvalue weighted by Gasteiger charge is 2.28. The number of rotatable bonds is 6. The summed E-state index contributed by atoms with van der Waals surface area (Å²) in [4.78, 5) is 29.4. The lowest BCUT2D eigenvalue weighted by Crippen LogP contribution is -2.22. The Hall–Kier alpha value is -4.92. The highest BCUT2D eigenvalue weighted by atomic mass is 16.4. The number of furan rings is 1. The number of hydrogen-bond donors (Lipinski definition) is 2. The fourth-order valence-electron chi connectivity index (χ4n) is 4.08. The fourth-order valence-corrected chi connectivity index (χ4v) is 4.08. The van der Waals surface area contributed by atoms with E-state index in [0.717, 1.165) is 17.7 Å². The minimum absolute atomic E-state index is 0.225. The van der Waals surface area contributed by atoms with Crippen molar-refractivity contribution in [3.63, 3.8) is 0 Å². The largest absolute Gasteiger partial charge is 0.455 e. The molecule has 0 radical (unpaired) electrons. The van der Waals surface area contributed by atoms with Gasteiger partial charge in [-0.3, -0.25) is 14.6 Å². The Bertz CT molecular complexity index is 1480. The van der Waals surface area contributed by atoms with Crippen LogP contribution in [-0.2, 0) is 6.42 Å². The Morgan fingerprint density at radius 2 is 1.59 bits per heavy atom. The number of pyridine rings is 1. The molecule has 5 rings (SSSR count). The maximum Gasteiger partial charge on any atom is 0.291 e. The molecule has 2 N–H and O–H groups in total. The SMILES string of the molecule is Cc1c(C(=O)Nc2ccc(N=Nc3ccccc3)cc2)oc2c1/C(=N/NC(=O)c1ccccn1)CCC2. The van der Waals surface area contributed by atoms with Crippen LogP contribution in [0.5, 0.6) is 0 Å². The summed E-state index contributed by atoms with van der Waals surface area (Å²) in [5.41, 5.74) is 7.02. The van der Waals surface area contributed by atoms with Crippen molar-refractivity contribution >= 4 is 34.6 Å². The monoisotopic (exact) mass is 492 g/mol. The lowest BCUT2D eigenvalue weighted by atomic mass is 9.93. The van der Waals surface area contributed by atoms with E-state index >= 15 is 0 Å². The number of nitrogens with one attached hydrogen (secondary N) is 2. The first-order valence-corrected chi connectivity index (χ1v) is 11.9. The molecule has 0 spiro atoms. The van der Waals surface area contributed by atoms with Crippen molar-refractivity contribution in [1.82, 2.24) is 10.4 Å². The lowest BCUT2D eigenvalue weighted by molar-refractivity contribution is 0.0948. The molecular weight excluding hydrogens is 468 g/mol. The van der Waals surface area contributed by atoms with Crippen molar-refractivity contribution in [2.45, 2.75) is 26.2 Å². The molecule has 0 saturated carbocycles. The summed E-state index contributed by atoms with van der Waals surface area (Å²) in [6.07, 6.45) is 3.71. The molecule has 0 bridgehead atoms. The van der Waals surface area contributed by atoms with E-state index in [4.69, 9.17) is 4.42 Å². The molecule has 2 aromatic heterocycles. The molecule has 0 fully saturated rings. The first-order chi connectivity index (χ1) is 18.1. The van der Waals surface area contributed by atoms with E-state index in [-0.39, 0.29) is 17.4 Å². The Labute approximate surface area is 213 Å². The predicted octanol–water partition coefficient (Wildman–Crippen LogP) is 6.12. The quantitative estimate of drug-likeness (QED) is 0.249. The number of benzene rings is 2. The number of fused-ring (bicyclic) bond motifs is 1. The second kappa shape index (κ2) is 10.8. The van der Waals surface area contributed by atoms with E-state index in [1.54, 1.807) is 48.7 Å². The van der Waals surface area contributed by atoms with Crippen LogP contribution in [-0.4, -0.2) is 22.5 Å². The summed E-state index contributed by atoms with van der Waals surface area (Å²) in [6, 6.07) is 21.6. The summed E-state index contributed by atoms with van der Waals surface area (Å²) in [5.74, 6) is 0.161. The van der Waals surface area contributed by atoms with Gasteiger partial charge in [0.15, 0.2) is 5.76 Å². The Balaban J connectivity index is 1.29. The summed E-state index contributed by atoms with van der Waals surface area (Å²) < 4.78 is 5.95. The van der Waals surface area contributed by atoms with E-state index in [2.05, 4.69) is 31.1 Å². The highest BCUT2D eigenvalue weighted by molar-refractivity contribution is 6.09. The van der Waals surface area contributed by atoms with Crippen LogP contribution in [0.2, 0.25) is 0 Å². The van der Waals surface area contributed by atoms with Gasteiger partial charge in [0.25, 0.3) is 11.8 Å².